The Bertz CT molecular complexity index is 971. The van der Waals surface area contributed by atoms with Crippen molar-refractivity contribution in [3.05, 3.63) is 65.6 Å². The van der Waals surface area contributed by atoms with Crippen molar-refractivity contribution in [2.45, 2.75) is 32.1 Å². The molecule has 4 rings (SSSR count). The minimum absolute atomic E-state index is 0.0439. The average molecular weight is 380 g/mol. The fraction of sp³-hybridized carbons (Fsp3) is 0.333. The molecule has 3 heterocycles. The lowest BCUT2D eigenvalue weighted by atomic mass is 9.91. The van der Waals surface area contributed by atoms with E-state index in [0.29, 0.717) is 12.3 Å². The number of aromatic nitrogens is 3. The van der Waals surface area contributed by atoms with Crippen LogP contribution in [0.3, 0.4) is 0 Å². The molecule has 7 heteroatoms. The monoisotopic (exact) mass is 380 g/mol. The van der Waals surface area contributed by atoms with Gasteiger partial charge in [0.1, 0.15) is 12.1 Å². The van der Waals surface area contributed by atoms with Crippen LogP contribution in [0.2, 0.25) is 0 Å². The highest BCUT2D eigenvalue weighted by Crippen LogP contribution is 2.33. The molecule has 0 spiro atoms. The summed E-state index contributed by atoms with van der Waals surface area (Å²) in [5, 5.41) is 3.95. The summed E-state index contributed by atoms with van der Waals surface area (Å²) in [6.45, 7) is 3.18. The minimum Gasteiger partial charge on any atom is -0.356 e. The molecule has 1 fully saturated rings. The topological polar surface area (TPSA) is 72.1 Å². The predicted molar refractivity (Wildman–Crippen MR) is 101 cm³/mol. The van der Waals surface area contributed by atoms with Gasteiger partial charge in [-0.1, -0.05) is 17.3 Å². The van der Waals surface area contributed by atoms with Crippen molar-refractivity contribution in [2.75, 3.05) is 13.1 Å². The second-order valence-electron chi connectivity index (χ2n) is 7.14. The molecule has 1 aliphatic rings. The summed E-state index contributed by atoms with van der Waals surface area (Å²) in [5.74, 6) is 0.493. The van der Waals surface area contributed by atoms with Gasteiger partial charge in [-0.05, 0) is 37.5 Å². The number of halogens is 1. The van der Waals surface area contributed by atoms with Crippen molar-refractivity contribution in [1.29, 1.82) is 0 Å². The highest BCUT2D eigenvalue weighted by atomic mass is 19.1. The van der Waals surface area contributed by atoms with Crippen molar-refractivity contribution in [2.24, 2.45) is 0 Å². The number of carbonyl (C=O) groups excluding carboxylic acids is 1. The van der Waals surface area contributed by atoms with Gasteiger partial charge >= 0.3 is 0 Å². The maximum absolute atomic E-state index is 13.1. The van der Waals surface area contributed by atoms with E-state index in [4.69, 9.17) is 4.52 Å². The largest absolute Gasteiger partial charge is 0.356 e. The zero-order valence-corrected chi connectivity index (χ0v) is 15.6. The Kier molecular flexibility index (Phi) is 5.14. The third-order valence-electron chi connectivity index (χ3n) is 5.07. The fourth-order valence-electron chi connectivity index (χ4n) is 3.66. The lowest BCUT2D eigenvalue weighted by Gasteiger charge is -2.33. The maximum Gasteiger partial charge on any atom is 0.227 e. The van der Waals surface area contributed by atoms with E-state index >= 15 is 0 Å². The smallest absolute Gasteiger partial charge is 0.227 e. The summed E-state index contributed by atoms with van der Waals surface area (Å²) in [5.41, 5.74) is 3.31. The molecule has 0 aliphatic carbocycles. The van der Waals surface area contributed by atoms with Crippen LogP contribution >= 0.6 is 0 Å². The molecule has 1 aromatic carbocycles. The molecule has 2 aromatic heterocycles. The van der Waals surface area contributed by atoms with Gasteiger partial charge in [0.2, 0.25) is 5.91 Å². The minimum atomic E-state index is -0.298. The summed E-state index contributed by atoms with van der Waals surface area (Å²) in [7, 11) is 0. The van der Waals surface area contributed by atoms with E-state index < -0.39 is 0 Å². The summed E-state index contributed by atoms with van der Waals surface area (Å²) in [6.07, 6.45) is 5.38. The Morgan fingerprint density at radius 3 is 2.89 bits per heavy atom. The third-order valence-corrected chi connectivity index (χ3v) is 5.07. The van der Waals surface area contributed by atoms with Crippen LogP contribution in [-0.2, 0) is 11.2 Å². The number of carbonyl (C=O) groups is 1. The standard InChI is InChI=1S/C21H21FN4O2/c1-14-9-19(28-25-14)18-11-23-13-24-21(18)16-3-2-8-26(12-16)20(27)10-15-4-6-17(22)7-5-15/h4-7,9,11,13,16H,2-3,8,10,12H2,1H3. The second kappa shape index (κ2) is 7.88. The van der Waals surface area contributed by atoms with Crippen LogP contribution in [0.1, 0.15) is 35.7 Å². The van der Waals surface area contributed by atoms with Gasteiger partial charge in [-0.2, -0.15) is 0 Å². The van der Waals surface area contributed by atoms with Gasteiger partial charge in [0, 0.05) is 31.3 Å². The zero-order valence-electron chi connectivity index (χ0n) is 15.6. The molecule has 0 saturated carbocycles. The van der Waals surface area contributed by atoms with Crippen LogP contribution in [0, 0.1) is 12.7 Å². The maximum atomic E-state index is 13.1. The average Bonchev–Trinajstić information content (AvgIpc) is 3.16. The molecule has 0 N–H and O–H groups in total. The van der Waals surface area contributed by atoms with Crippen LogP contribution < -0.4 is 0 Å². The Hall–Kier alpha value is -3.09. The normalized spacial score (nSPS) is 16.9. The highest BCUT2D eigenvalue weighted by Gasteiger charge is 2.28. The van der Waals surface area contributed by atoms with Gasteiger partial charge in [-0.15, -0.1) is 0 Å². The molecule has 1 amide bonds. The number of benzene rings is 1. The summed E-state index contributed by atoms with van der Waals surface area (Å²) < 4.78 is 18.5. The number of nitrogens with zero attached hydrogens (tertiary/aromatic N) is 4. The number of rotatable bonds is 4. The molecule has 1 atom stereocenters. The number of aryl methyl sites for hydroxylation is 1. The predicted octanol–water partition coefficient (Wildman–Crippen LogP) is 3.53. The number of hydrogen-bond acceptors (Lipinski definition) is 5. The van der Waals surface area contributed by atoms with E-state index in [0.717, 1.165) is 41.9 Å². The molecule has 1 unspecified atom stereocenters. The quantitative estimate of drug-likeness (QED) is 0.692. The number of hydrogen-bond donors (Lipinski definition) is 0. The molecule has 6 nitrogen and oxygen atoms in total. The molecule has 28 heavy (non-hydrogen) atoms. The van der Waals surface area contributed by atoms with Gasteiger partial charge in [-0.3, -0.25) is 4.79 Å². The molecule has 3 aromatic rings. The van der Waals surface area contributed by atoms with E-state index in [1.807, 2.05) is 17.9 Å². The first-order chi connectivity index (χ1) is 13.6. The van der Waals surface area contributed by atoms with Crippen molar-refractivity contribution in [1.82, 2.24) is 20.0 Å². The summed E-state index contributed by atoms with van der Waals surface area (Å²) in [4.78, 5) is 23.3. The zero-order chi connectivity index (χ0) is 19.5. The molecule has 1 aliphatic heterocycles. The van der Waals surface area contributed by atoms with Gasteiger partial charge in [0.15, 0.2) is 5.76 Å². The Balaban J connectivity index is 1.51. The van der Waals surface area contributed by atoms with Crippen LogP contribution in [0.25, 0.3) is 11.3 Å². The molecular formula is C21H21FN4O2. The van der Waals surface area contributed by atoms with E-state index in [1.165, 1.54) is 18.5 Å². The van der Waals surface area contributed by atoms with E-state index in [2.05, 4.69) is 15.1 Å². The number of likely N-dealkylation sites (tertiary alicyclic amines) is 1. The van der Waals surface area contributed by atoms with Gasteiger partial charge in [0.05, 0.1) is 23.4 Å². The van der Waals surface area contributed by atoms with Crippen LogP contribution in [0.4, 0.5) is 4.39 Å². The molecule has 144 valence electrons. The first-order valence-corrected chi connectivity index (χ1v) is 9.36. The summed E-state index contributed by atoms with van der Waals surface area (Å²) in [6, 6.07) is 7.94. The Morgan fingerprint density at radius 1 is 1.32 bits per heavy atom. The van der Waals surface area contributed by atoms with Crippen LogP contribution in [0.5, 0.6) is 0 Å². The Morgan fingerprint density at radius 2 is 2.14 bits per heavy atom. The van der Waals surface area contributed by atoms with E-state index in [1.54, 1.807) is 18.3 Å². The van der Waals surface area contributed by atoms with E-state index in [-0.39, 0.29) is 24.1 Å². The first kappa shape index (κ1) is 18.3. The van der Waals surface area contributed by atoms with Crippen molar-refractivity contribution in [3.8, 4) is 11.3 Å². The fourth-order valence-corrected chi connectivity index (χ4v) is 3.66. The first-order valence-electron chi connectivity index (χ1n) is 9.36. The van der Waals surface area contributed by atoms with Crippen molar-refractivity contribution >= 4 is 5.91 Å². The van der Waals surface area contributed by atoms with Crippen LogP contribution in [0.15, 0.2) is 47.4 Å². The molecule has 1 saturated heterocycles. The van der Waals surface area contributed by atoms with Crippen LogP contribution in [-0.4, -0.2) is 39.0 Å². The number of piperidine rings is 1. The number of amides is 1. The SMILES string of the molecule is Cc1cc(-c2cncnc2C2CCCN(C(=O)Cc3ccc(F)cc3)C2)on1. The van der Waals surface area contributed by atoms with Crippen molar-refractivity contribution < 1.29 is 13.7 Å². The lowest BCUT2D eigenvalue weighted by molar-refractivity contribution is -0.131. The van der Waals surface area contributed by atoms with Crippen molar-refractivity contribution in [3.63, 3.8) is 0 Å². The second-order valence-corrected chi connectivity index (χ2v) is 7.14. The van der Waals surface area contributed by atoms with Gasteiger partial charge in [-0.25, -0.2) is 14.4 Å². The molecule has 0 bridgehead atoms. The van der Waals surface area contributed by atoms with E-state index in [9.17, 15) is 9.18 Å². The highest BCUT2D eigenvalue weighted by molar-refractivity contribution is 5.79. The molecule has 0 radical (unpaired) electrons. The van der Waals surface area contributed by atoms with Gasteiger partial charge in [0.25, 0.3) is 0 Å². The Labute approximate surface area is 162 Å². The van der Waals surface area contributed by atoms with Gasteiger partial charge < -0.3 is 9.42 Å². The third kappa shape index (κ3) is 3.93. The summed E-state index contributed by atoms with van der Waals surface area (Å²) >= 11 is 0. The lowest BCUT2D eigenvalue weighted by Crippen LogP contribution is -2.40. The molecular weight excluding hydrogens is 359 g/mol.